The van der Waals surface area contributed by atoms with Crippen LogP contribution in [-0.4, -0.2) is 17.9 Å². The minimum Gasteiger partial charge on any atom is -0.308 e. The first-order chi connectivity index (χ1) is 7.56. The number of hydrogen-bond donors (Lipinski definition) is 1. The molecule has 0 saturated heterocycles. The maximum absolute atomic E-state index is 13.7. The summed E-state index contributed by atoms with van der Waals surface area (Å²) in [6.07, 6.45) is 0.838. The van der Waals surface area contributed by atoms with Crippen LogP contribution in [0.2, 0.25) is 0 Å². The molecule has 0 bridgehead atoms. The van der Waals surface area contributed by atoms with Crippen LogP contribution < -0.4 is 5.32 Å². The van der Waals surface area contributed by atoms with Gasteiger partial charge in [0.1, 0.15) is 0 Å². The minimum atomic E-state index is -2.80. The van der Waals surface area contributed by atoms with Crippen molar-refractivity contribution >= 4 is 15.9 Å². The number of nitrogens with one attached hydrogen (secondary N) is 1. The molecule has 0 radical (unpaired) electrons. The molecule has 16 heavy (non-hydrogen) atoms. The molecule has 0 saturated carbocycles. The molecule has 0 heterocycles. The molecule has 1 N–H and O–H groups in total. The SMILES string of the molecule is CC(CCBr)NCC(F)(F)c1ccccc1. The molecule has 0 aliphatic heterocycles. The van der Waals surface area contributed by atoms with Crippen LogP contribution in [-0.2, 0) is 5.92 Å². The lowest BCUT2D eigenvalue weighted by Crippen LogP contribution is -2.36. The normalized spacial score (nSPS) is 13.8. The van der Waals surface area contributed by atoms with E-state index in [-0.39, 0.29) is 18.2 Å². The zero-order valence-corrected chi connectivity index (χ0v) is 10.8. The van der Waals surface area contributed by atoms with E-state index in [0.717, 1.165) is 11.8 Å². The van der Waals surface area contributed by atoms with Crippen LogP contribution >= 0.6 is 15.9 Å². The predicted octanol–water partition coefficient (Wildman–Crippen LogP) is 3.54. The standard InChI is InChI=1S/C12H16BrF2N/c1-10(7-8-13)16-9-12(14,15)11-5-3-2-4-6-11/h2-6,10,16H,7-9H2,1H3. The molecule has 1 nitrogen and oxygen atoms in total. The maximum atomic E-state index is 13.7. The van der Waals surface area contributed by atoms with Gasteiger partial charge in [-0.3, -0.25) is 0 Å². The third kappa shape index (κ3) is 4.18. The maximum Gasteiger partial charge on any atom is 0.285 e. The van der Waals surface area contributed by atoms with Crippen molar-refractivity contribution in [2.45, 2.75) is 25.3 Å². The second-order valence-electron chi connectivity index (χ2n) is 3.83. The minimum absolute atomic E-state index is 0.0635. The summed E-state index contributed by atoms with van der Waals surface area (Å²) in [5.74, 6) is -2.80. The van der Waals surface area contributed by atoms with E-state index >= 15 is 0 Å². The Morgan fingerprint density at radius 3 is 2.50 bits per heavy atom. The summed E-state index contributed by atoms with van der Waals surface area (Å²) >= 11 is 3.29. The summed E-state index contributed by atoms with van der Waals surface area (Å²) in [5.41, 5.74) is 0.0635. The highest BCUT2D eigenvalue weighted by Gasteiger charge is 2.31. The van der Waals surface area contributed by atoms with E-state index in [9.17, 15) is 8.78 Å². The number of hydrogen-bond acceptors (Lipinski definition) is 1. The highest BCUT2D eigenvalue weighted by Crippen LogP contribution is 2.26. The molecule has 1 aromatic rings. The van der Waals surface area contributed by atoms with E-state index in [1.54, 1.807) is 18.2 Å². The van der Waals surface area contributed by atoms with E-state index in [4.69, 9.17) is 0 Å². The molecule has 1 atom stereocenters. The molecule has 1 aromatic carbocycles. The molecule has 90 valence electrons. The lowest BCUT2D eigenvalue weighted by molar-refractivity contribution is -0.00532. The van der Waals surface area contributed by atoms with Crippen LogP contribution in [0.1, 0.15) is 18.9 Å². The first-order valence-corrected chi connectivity index (χ1v) is 6.41. The topological polar surface area (TPSA) is 12.0 Å². The van der Waals surface area contributed by atoms with E-state index in [1.165, 1.54) is 12.1 Å². The highest BCUT2D eigenvalue weighted by molar-refractivity contribution is 9.09. The van der Waals surface area contributed by atoms with Gasteiger partial charge in [-0.25, -0.2) is 0 Å². The number of benzene rings is 1. The van der Waals surface area contributed by atoms with Crippen molar-refractivity contribution in [2.75, 3.05) is 11.9 Å². The largest absolute Gasteiger partial charge is 0.308 e. The average Bonchev–Trinajstić information content (AvgIpc) is 2.28. The number of halogens is 3. The van der Waals surface area contributed by atoms with Gasteiger partial charge in [0.25, 0.3) is 5.92 Å². The predicted molar refractivity (Wildman–Crippen MR) is 66.2 cm³/mol. The van der Waals surface area contributed by atoms with E-state index in [0.29, 0.717) is 0 Å². The quantitative estimate of drug-likeness (QED) is 0.791. The first-order valence-electron chi connectivity index (χ1n) is 5.29. The molecule has 4 heteroatoms. The van der Waals surface area contributed by atoms with E-state index < -0.39 is 5.92 Å². The first kappa shape index (κ1) is 13.6. The molecule has 1 unspecified atom stereocenters. The monoisotopic (exact) mass is 291 g/mol. The summed E-state index contributed by atoms with van der Waals surface area (Å²) in [6, 6.07) is 8.00. The Balaban J connectivity index is 2.52. The molecule has 0 aliphatic carbocycles. The van der Waals surface area contributed by atoms with Crippen molar-refractivity contribution in [3.05, 3.63) is 35.9 Å². The summed E-state index contributed by atoms with van der Waals surface area (Å²) in [7, 11) is 0. The van der Waals surface area contributed by atoms with Gasteiger partial charge in [-0.05, 0) is 13.3 Å². The van der Waals surface area contributed by atoms with Gasteiger partial charge in [-0.15, -0.1) is 0 Å². The zero-order chi connectivity index (χ0) is 12.0. The van der Waals surface area contributed by atoms with Crippen molar-refractivity contribution in [3.63, 3.8) is 0 Å². The van der Waals surface area contributed by atoms with Crippen LogP contribution in [0.4, 0.5) is 8.78 Å². The number of rotatable bonds is 6. The fourth-order valence-corrected chi connectivity index (χ4v) is 2.04. The van der Waals surface area contributed by atoms with Gasteiger partial charge in [0, 0.05) is 16.9 Å². The van der Waals surface area contributed by atoms with Crippen LogP contribution in [0, 0.1) is 0 Å². The van der Waals surface area contributed by atoms with E-state index in [1.807, 2.05) is 6.92 Å². The lowest BCUT2D eigenvalue weighted by atomic mass is 10.1. The van der Waals surface area contributed by atoms with Crippen molar-refractivity contribution in [1.29, 1.82) is 0 Å². The Morgan fingerprint density at radius 2 is 1.94 bits per heavy atom. The Hall–Kier alpha value is -0.480. The molecular formula is C12H16BrF2N. The van der Waals surface area contributed by atoms with Gasteiger partial charge in [0.2, 0.25) is 0 Å². The van der Waals surface area contributed by atoms with Crippen LogP contribution in [0.25, 0.3) is 0 Å². The van der Waals surface area contributed by atoms with E-state index in [2.05, 4.69) is 21.2 Å². The third-order valence-electron chi connectivity index (χ3n) is 2.41. The van der Waals surface area contributed by atoms with Crippen molar-refractivity contribution in [2.24, 2.45) is 0 Å². The van der Waals surface area contributed by atoms with Gasteiger partial charge < -0.3 is 5.32 Å². The summed E-state index contributed by atoms with van der Waals surface area (Å²) in [5, 5.41) is 3.66. The fraction of sp³-hybridized carbons (Fsp3) is 0.500. The van der Waals surface area contributed by atoms with Gasteiger partial charge in [0.15, 0.2) is 0 Å². The Bertz CT molecular complexity index is 303. The van der Waals surface area contributed by atoms with Gasteiger partial charge >= 0.3 is 0 Å². The van der Waals surface area contributed by atoms with Gasteiger partial charge in [-0.1, -0.05) is 46.3 Å². The summed E-state index contributed by atoms with van der Waals surface area (Å²) in [4.78, 5) is 0. The Labute approximate surface area is 103 Å². The molecule has 1 rings (SSSR count). The van der Waals surface area contributed by atoms with Crippen molar-refractivity contribution in [1.82, 2.24) is 5.32 Å². The fourth-order valence-electron chi connectivity index (χ4n) is 1.35. The van der Waals surface area contributed by atoms with Crippen LogP contribution in [0.5, 0.6) is 0 Å². The van der Waals surface area contributed by atoms with Crippen LogP contribution in [0.3, 0.4) is 0 Å². The second-order valence-corrected chi connectivity index (χ2v) is 4.62. The smallest absolute Gasteiger partial charge is 0.285 e. The molecule has 0 spiro atoms. The molecular weight excluding hydrogens is 276 g/mol. The molecule has 0 aromatic heterocycles. The second kappa shape index (κ2) is 6.30. The lowest BCUT2D eigenvalue weighted by Gasteiger charge is -2.20. The Kier molecular flexibility index (Phi) is 5.35. The van der Waals surface area contributed by atoms with Crippen molar-refractivity contribution in [3.8, 4) is 0 Å². The van der Waals surface area contributed by atoms with Gasteiger partial charge in [-0.2, -0.15) is 8.78 Å². The third-order valence-corrected chi connectivity index (χ3v) is 2.87. The molecule has 0 amide bonds. The molecule has 0 aliphatic rings. The van der Waals surface area contributed by atoms with Crippen molar-refractivity contribution < 1.29 is 8.78 Å². The average molecular weight is 292 g/mol. The molecule has 0 fully saturated rings. The summed E-state index contributed by atoms with van der Waals surface area (Å²) < 4.78 is 27.4. The van der Waals surface area contributed by atoms with Crippen LogP contribution in [0.15, 0.2) is 30.3 Å². The Morgan fingerprint density at radius 1 is 1.31 bits per heavy atom. The summed E-state index contributed by atoms with van der Waals surface area (Å²) in [6.45, 7) is 1.59. The highest BCUT2D eigenvalue weighted by atomic mass is 79.9. The number of alkyl halides is 3. The van der Waals surface area contributed by atoms with Gasteiger partial charge in [0.05, 0.1) is 6.54 Å². The zero-order valence-electron chi connectivity index (χ0n) is 9.22.